The van der Waals surface area contributed by atoms with Gasteiger partial charge in [0.15, 0.2) is 15.5 Å². The number of carboxylic acid groups (broad SMARTS) is 1. The Kier molecular flexibility index (Phi) is 2.54. The highest BCUT2D eigenvalue weighted by Crippen LogP contribution is 2.45. The van der Waals surface area contributed by atoms with Crippen molar-refractivity contribution in [3.8, 4) is 0 Å². The molecule has 2 aliphatic heterocycles. The van der Waals surface area contributed by atoms with Gasteiger partial charge in [-0.3, -0.25) is 9.89 Å². The smallest absolute Gasteiger partial charge is 0.312 e. The number of aromatic nitrogens is 4. The first-order valence-corrected chi connectivity index (χ1v) is 8.56. The third-order valence-electron chi connectivity index (χ3n) is 4.58. The van der Waals surface area contributed by atoms with Gasteiger partial charge in [0.05, 0.1) is 23.1 Å². The highest BCUT2D eigenvalue weighted by atomic mass is 32.2. The van der Waals surface area contributed by atoms with Crippen LogP contribution in [0.3, 0.4) is 0 Å². The summed E-state index contributed by atoms with van der Waals surface area (Å²) < 4.78 is 23.7. The van der Waals surface area contributed by atoms with Crippen molar-refractivity contribution in [1.82, 2.24) is 20.2 Å². The van der Waals surface area contributed by atoms with E-state index in [1.165, 1.54) is 6.33 Å². The molecular formula is C12H13N5O4S. The van der Waals surface area contributed by atoms with Gasteiger partial charge in [0.25, 0.3) is 0 Å². The number of nitrogens with zero attached hydrogens (tertiary/aromatic N) is 4. The van der Waals surface area contributed by atoms with Crippen molar-refractivity contribution in [3.05, 3.63) is 12.5 Å². The minimum absolute atomic E-state index is 0.0879. The molecule has 0 aromatic carbocycles. The molecular weight excluding hydrogens is 310 g/mol. The summed E-state index contributed by atoms with van der Waals surface area (Å²) in [6, 6.07) is 0. The van der Waals surface area contributed by atoms with Crippen molar-refractivity contribution in [2.75, 3.05) is 29.5 Å². The number of H-pyrrole nitrogens is 1. The van der Waals surface area contributed by atoms with Crippen molar-refractivity contribution < 1.29 is 18.3 Å². The van der Waals surface area contributed by atoms with Crippen molar-refractivity contribution in [1.29, 1.82) is 0 Å². The lowest BCUT2D eigenvalue weighted by Crippen LogP contribution is -2.39. The fourth-order valence-corrected chi connectivity index (χ4v) is 5.97. The molecule has 4 heterocycles. The Hall–Kier alpha value is -2.23. The third kappa shape index (κ3) is 1.73. The number of carboxylic acids is 1. The van der Waals surface area contributed by atoms with Gasteiger partial charge >= 0.3 is 5.97 Å². The molecule has 2 fully saturated rings. The lowest BCUT2D eigenvalue weighted by Gasteiger charge is -2.22. The van der Waals surface area contributed by atoms with E-state index in [0.29, 0.717) is 23.4 Å². The number of sulfone groups is 1. The molecule has 2 aromatic heterocycles. The van der Waals surface area contributed by atoms with Crippen LogP contribution in [0.15, 0.2) is 12.5 Å². The molecule has 0 unspecified atom stereocenters. The number of aromatic amines is 1. The van der Waals surface area contributed by atoms with Crippen LogP contribution in [0.4, 0.5) is 5.82 Å². The molecule has 9 nitrogen and oxygen atoms in total. The number of aliphatic carboxylic acids is 1. The van der Waals surface area contributed by atoms with Gasteiger partial charge in [-0.05, 0) is 0 Å². The Labute approximate surface area is 125 Å². The summed E-state index contributed by atoms with van der Waals surface area (Å²) in [4.78, 5) is 21.8. The molecule has 0 radical (unpaired) electrons. The Morgan fingerprint density at radius 1 is 1.45 bits per heavy atom. The molecule has 0 spiro atoms. The number of fused-ring (bicyclic) bond motifs is 2. The maximum absolute atomic E-state index is 11.8. The standard InChI is InChI=1S/C12H13N5O4S/c18-11(19)12-4-17(2-7(12)3-22(20,21)5-12)10-8-1-15-16-9(8)13-6-14-10/h1,6-7H,2-5H2,(H,18,19)(H,13,14,15,16)/t7-,12-/m0/s1. The highest BCUT2D eigenvalue weighted by Gasteiger charge is 2.60. The first-order chi connectivity index (χ1) is 10.4. The summed E-state index contributed by atoms with van der Waals surface area (Å²) in [7, 11) is -3.31. The Balaban J connectivity index is 1.76. The van der Waals surface area contributed by atoms with Crippen LogP contribution in [0, 0.1) is 11.3 Å². The van der Waals surface area contributed by atoms with E-state index in [2.05, 4.69) is 20.2 Å². The minimum atomic E-state index is -3.31. The quantitative estimate of drug-likeness (QED) is 0.741. The minimum Gasteiger partial charge on any atom is -0.481 e. The summed E-state index contributed by atoms with van der Waals surface area (Å²) in [6.07, 6.45) is 2.97. The number of carbonyl (C=O) groups is 1. The number of anilines is 1. The van der Waals surface area contributed by atoms with Gasteiger partial charge in [0, 0.05) is 19.0 Å². The molecule has 22 heavy (non-hydrogen) atoms. The fraction of sp³-hybridized carbons (Fsp3) is 0.500. The first-order valence-electron chi connectivity index (χ1n) is 6.74. The molecule has 10 heteroatoms. The maximum Gasteiger partial charge on any atom is 0.312 e. The van der Waals surface area contributed by atoms with Crippen LogP contribution >= 0.6 is 0 Å². The van der Waals surface area contributed by atoms with Crippen LogP contribution in [-0.2, 0) is 14.6 Å². The maximum atomic E-state index is 11.8. The predicted molar refractivity (Wildman–Crippen MR) is 76.1 cm³/mol. The number of hydrogen-bond donors (Lipinski definition) is 2. The monoisotopic (exact) mass is 323 g/mol. The van der Waals surface area contributed by atoms with E-state index in [1.54, 1.807) is 6.20 Å². The zero-order chi connectivity index (χ0) is 15.5. The van der Waals surface area contributed by atoms with Crippen LogP contribution < -0.4 is 4.90 Å². The summed E-state index contributed by atoms with van der Waals surface area (Å²) >= 11 is 0. The summed E-state index contributed by atoms with van der Waals surface area (Å²) in [5.74, 6) is -1.29. The predicted octanol–water partition coefficient (Wildman–Crippen LogP) is -0.712. The van der Waals surface area contributed by atoms with Crippen molar-refractivity contribution >= 4 is 32.7 Å². The number of hydrogen-bond acceptors (Lipinski definition) is 7. The number of nitrogens with one attached hydrogen (secondary N) is 1. The molecule has 0 amide bonds. The Bertz CT molecular complexity index is 879. The fourth-order valence-electron chi connectivity index (χ4n) is 3.58. The Morgan fingerprint density at radius 2 is 2.27 bits per heavy atom. The lowest BCUT2D eigenvalue weighted by molar-refractivity contribution is -0.147. The highest BCUT2D eigenvalue weighted by molar-refractivity contribution is 7.91. The first kappa shape index (κ1) is 13.4. The second kappa shape index (κ2) is 4.15. The van der Waals surface area contributed by atoms with Crippen molar-refractivity contribution in [2.24, 2.45) is 11.3 Å². The number of rotatable bonds is 2. The normalized spacial score (nSPS) is 29.8. The largest absolute Gasteiger partial charge is 0.481 e. The SMILES string of the molecule is O=C(O)[C@]12CN(c3ncnc4[nH]ncc34)C[C@H]1CS(=O)(=O)C2. The molecule has 0 bridgehead atoms. The van der Waals surface area contributed by atoms with Crippen LogP contribution in [0.25, 0.3) is 11.0 Å². The van der Waals surface area contributed by atoms with E-state index in [1.807, 2.05) is 4.90 Å². The van der Waals surface area contributed by atoms with Crippen molar-refractivity contribution in [2.45, 2.75) is 0 Å². The van der Waals surface area contributed by atoms with E-state index in [9.17, 15) is 18.3 Å². The van der Waals surface area contributed by atoms with Gasteiger partial charge < -0.3 is 10.0 Å². The average Bonchev–Trinajstić information content (AvgIpc) is 3.07. The van der Waals surface area contributed by atoms with E-state index >= 15 is 0 Å². The Morgan fingerprint density at radius 3 is 3.00 bits per heavy atom. The van der Waals surface area contributed by atoms with Gasteiger partial charge in [-0.25, -0.2) is 18.4 Å². The van der Waals surface area contributed by atoms with Crippen LogP contribution in [-0.4, -0.2) is 64.3 Å². The summed E-state index contributed by atoms with van der Waals surface area (Å²) in [5, 5.41) is 17.0. The van der Waals surface area contributed by atoms with Gasteiger partial charge in [-0.1, -0.05) is 0 Å². The molecule has 2 aliphatic rings. The van der Waals surface area contributed by atoms with E-state index in [4.69, 9.17) is 0 Å². The zero-order valence-electron chi connectivity index (χ0n) is 11.4. The molecule has 116 valence electrons. The van der Waals surface area contributed by atoms with Crippen LogP contribution in [0.1, 0.15) is 0 Å². The molecule has 2 aromatic rings. The van der Waals surface area contributed by atoms with E-state index in [0.717, 1.165) is 0 Å². The van der Waals surface area contributed by atoms with Crippen molar-refractivity contribution in [3.63, 3.8) is 0 Å². The molecule has 2 saturated heterocycles. The van der Waals surface area contributed by atoms with Crippen LogP contribution in [0.5, 0.6) is 0 Å². The van der Waals surface area contributed by atoms with E-state index < -0.39 is 27.1 Å². The zero-order valence-corrected chi connectivity index (χ0v) is 12.2. The molecule has 2 atom stereocenters. The van der Waals surface area contributed by atoms with Gasteiger partial charge in [0.1, 0.15) is 17.6 Å². The summed E-state index contributed by atoms with van der Waals surface area (Å²) in [5.41, 5.74) is -0.682. The third-order valence-corrected chi connectivity index (χ3v) is 6.45. The summed E-state index contributed by atoms with van der Waals surface area (Å²) in [6.45, 7) is 0.479. The van der Waals surface area contributed by atoms with Gasteiger partial charge in [-0.2, -0.15) is 5.10 Å². The lowest BCUT2D eigenvalue weighted by atomic mass is 9.81. The van der Waals surface area contributed by atoms with Crippen LogP contribution in [0.2, 0.25) is 0 Å². The molecule has 0 aliphatic carbocycles. The average molecular weight is 323 g/mol. The van der Waals surface area contributed by atoms with E-state index in [-0.39, 0.29) is 18.1 Å². The molecule has 2 N–H and O–H groups in total. The topological polar surface area (TPSA) is 129 Å². The second-order valence-electron chi connectivity index (χ2n) is 5.92. The molecule has 0 saturated carbocycles. The second-order valence-corrected chi connectivity index (χ2v) is 8.03. The van der Waals surface area contributed by atoms with Gasteiger partial charge in [0.2, 0.25) is 0 Å². The van der Waals surface area contributed by atoms with Gasteiger partial charge in [-0.15, -0.1) is 0 Å². The molecule has 4 rings (SSSR count).